The molecule has 3 aliphatic rings. The fourth-order valence-electron chi connectivity index (χ4n) is 10.2. The minimum atomic E-state index is -1.65. The number of hydrogen-bond donors (Lipinski definition) is 0. The highest BCUT2D eigenvalue weighted by Crippen LogP contribution is 2.45. The predicted octanol–water partition coefficient (Wildman–Crippen LogP) is 12.8. The Morgan fingerprint density at radius 3 is 2.55 bits per heavy atom. The predicted molar refractivity (Wildman–Crippen MR) is 235 cm³/mol. The Morgan fingerprint density at radius 1 is 1.00 bits per heavy atom. The van der Waals surface area contributed by atoms with Crippen LogP contribution in [-0.4, -0.2) is 18.8 Å². The third-order valence-electron chi connectivity index (χ3n) is 13.2. The smallest absolute Gasteiger partial charge is 0.227 e. The number of aromatic nitrogens is 2. The number of hydrogen-bond acceptors (Lipinski definition) is 3. The molecule has 2 aliphatic heterocycles. The van der Waals surface area contributed by atoms with Crippen molar-refractivity contribution in [1.82, 2.24) is 4.98 Å². The number of fused-ring (bicyclic) bond motifs is 11. The number of pyridine rings is 2. The van der Waals surface area contributed by atoms with Gasteiger partial charge in [-0.15, -0.1) is 0 Å². The van der Waals surface area contributed by atoms with Crippen LogP contribution in [0.4, 0.5) is 0 Å². The molecule has 55 heavy (non-hydrogen) atoms. The topological polar surface area (TPSA) is 42.3 Å². The van der Waals surface area contributed by atoms with Crippen LogP contribution in [0.25, 0.3) is 33.3 Å². The average Bonchev–Trinajstić information content (AvgIpc) is 3.52. The summed E-state index contributed by atoms with van der Waals surface area (Å²) < 4.78 is 9.44. The van der Waals surface area contributed by atoms with Crippen LogP contribution in [0.2, 0.25) is 19.6 Å². The molecule has 0 radical (unpaired) electrons. The van der Waals surface area contributed by atoms with Gasteiger partial charge in [-0.25, -0.2) is 4.98 Å². The van der Waals surface area contributed by atoms with Crippen molar-refractivity contribution >= 4 is 41.0 Å². The molecule has 1 saturated carbocycles. The molecular formula is C50H62N3OSi+. The molecule has 1 aliphatic carbocycles. The molecule has 8 rings (SSSR count). The molecule has 0 bridgehead atoms. The molecule has 0 saturated heterocycles. The maximum atomic E-state index is 6.79. The lowest BCUT2D eigenvalue weighted by atomic mass is 9.77. The lowest BCUT2D eigenvalue weighted by molar-refractivity contribution is -0.717. The van der Waals surface area contributed by atoms with E-state index < -0.39 is 8.07 Å². The summed E-state index contributed by atoms with van der Waals surface area (Å²) >= 11 is 0. The normalized spacial score (nSPS) is 21.8. The molecule has 5 heteroatoms. The number of aryl methyl sites for hydroxylation is 3. The molecule has 5 aromatic rings. The van der Waals surface area contributed by atoms with Crippen LogP contribution in [-0.2, 0) is 6.42 Å². The zero-order valence-electron chi connectivity index (χ0n) is 34.8. The van der Waals surface area contributed by atoms with Gasteiger partial charge in [0.1, 0.15) is 5.58 Å². The van der Waals surface area contributed by atoms with Crippen LogP contribution in [0.1, 0.15) is 130 Å². The van der Waals surface area contributed by atoms with E-state index in [0.29, 0.717) is 17.5 Å². The van der Waals surface area contributed by atoms with Crippen LogP contribution in [0.5, 0.6) is 0 Å². The van der Waals surface area contributed by atoms with E-state index in [0.717, 1.165) is 76.5 Å². The first kappa shape index (κ1) is 37.8. The van der Waals surface area contributed by atoms with Gasteiger partial charge in [-0.3, -0.25) is 4.99 Å². The SMILES string of the molecule is C=C1CC2C(CCc3cc(C)c4c(oc5nc(C)ccc54)c3C(/C=C\CCCC3CCC(C)CC3)=N1)c1ccccc1-c1cc(C(C)C)c([Si](C)(C)C)c[n+]12. The van der Waals surface area contributed by atoms with Gasteiger partial charge in [0.2, 0.25) is 11.4 Å². The minimum Gasteiger partial charge on any atom is -0.437 e. The van der Waals surface area contributed by atoms with Crippen LogP contribution >= 0.6 is 0 Å². The van der Waals surface area contributed by atoms with Crippen molar-refractivity contribution in [3.05, 3.63) is 113 Å². The zero-order chi connectivity index (χ0) is 38.6. The number of allylic oxidation sites excluding steroid dienone is 3. The first-order valence-electron chi connectivity index (χ1n) is 21.3. The summed E-state index contributed by atoms with van der Waals surface area (Å²) in [7, 11) is -1.65. The Kier molecular flexibility index (Phi) is 10.4. The van der Waals surface area contributed by atoms with Gasteiger partial charge in [0.05, 0.1) is 20.2 Å². The first-order valence-corrected chi connectivity index (χ1v) is 24.8. The van der Waals surface area contributed by atoms with Crippen LogP contribution in [0.3, 0.4) is 0 Å². The van der Waals surface area contributed by atoms with E-state index in [1.54, 1.807) is 5.19 Å². The second kappa shape index (κ2) is 15.1. The van der Waals surface area contributed by atoms with Crippen molar-refractivity contribution in [2.75, 3.05) is 0 Å². The number of unbranched alkanes of at least 4 members (excludes halogenated alkanes) is 1. The Hall–Kier alpha value is -4.09. The van der Waals surface area contributed by atoms with E-state index >= 15 is 0 Å². The third-order valence-corrected chi connectivity index (χ3v) is 15.2. The van der Waals surface area contributed by atoms with E-state index in [9.17, 15) is 0 Å². The maximum Gasteiger partial charge on any atom is 0.227 e. The van der Waals surface area contributed by atoms with Crippen molar-refractivity contribution < 1.29 is 8.98 Å². The average molecular weight is 749 g/mol. The summed E-state index contributed by atoms with van der Waals surface area (Å²) in [5, 5.41) is 3.80. The monoisotopic (exact) mass is 748 g/mol. The second-order valence-corrected chi connectivity index (χ2v) is 23.7. The molecule has 0 amide bonds. The molecule has 0 spiro atoms. The maximum absolute atomic E-state index is 6.79. The number of rotatable bonds is 7. The van der Waals surface area contributed by atoms with Gasteiger partial charge in [-0.05, 0) is 104 Å². The van der Waals surface area contributed by atoms with Gasteiger partial charge in [0.25, 0.3) is 0 Å². The highest BCUT2D eigenvalue weighted by Gasteiger charge is 2.42. The van der Waals surface area contributed by atoms with Gasteiger partial charge >= 0.3 is 0 Å². The van der Waals surface area contributed by atoms with Gasteiger partial charge in [0, 0.05) is 50.5 Å². The summed E-state index contributed by atoms with van der Waals surface area (Å²) in [4.78, 5) is 10.4. The summed E-state index contributed by atoms with van der Waals surface area (Å²) in [5.74, 6) is 2.58. The fraction of sp³-hybridized carbons (Fsp3) is 0.460. The van der Waals surface area contributed by atoms with Gasteiger partial charge in [-0.2, -0.15) is 4.57 Å². The highest BCUT2D eigenvalue weighted by molar-refractivity contribution is 6.89. The van der Waals surface area contributed by atoms with E-state index in [1.807, 2.05) is 6.92 Å². The van der Waals surface area contributed by atoms with Crippen molar-refractivity contribution in [1.29, 1.82) is 0 Å². The number of aliphatic imine (C=N–C) groups is 1. The largest absolute Gasteiger partial charge is 0.437 e. The molecule has 286 valence electrons. The summed E-state index contributed by atoms with van der Waals surface area (Å²) in [6.45, 7) is 23.6. The summed E-state index contributed by atoms with van der Waals surface area (Å²) in [6, 6.07) is 18.7. The molecular weight excluding hydrogens is 687 g/mol. The zero-order valence-corrected chi connectivity index (χ0v) is 35.8. The highest BCUT2D eigenvalue weighted by atomic mass is 28.3. The van der Waals surface area contributed by atoms with E-state index in [1.165, 1.54) is 72.0 Å². The second-order valence-electron chi connectivity index (χ2n) is 18.7. The summed E-state index contributed by atoms with van der Waals surface area (Å²) in [6.07, 6.45) is 19.2. The third kappa shape index (κ3) is 7.34. The lowest BCUT2D eigenvalue weighted by Crippen LogP contribution is -2.54. The van der Waals surface area contributed by atoms with Crippen LogP contribution < -0.4 is 9.75 Å². The van der Waals surface area contributed by atoms with Crippen molar-refractivity contribution in [3.8, 4) is 11.3 Å². The quantitative estimate of drug-likeness (QED) is 0.0945. The van der Waals surface area contributed by atoms with Crippen molar-refractivity contribution in [2.45, 2.75) is 136 Å². The molecule has 5 heterocycles. The molecule has 2 aromatic carbocycles. The molecule has 2 atom stereocenters. The first-order chi connectivity index (χ1) is 26.4. The fourth-order valence-corrected chi connectivity index (χ4v) is 11.9. The van der Waals surface area contributed by atoms with Crippen molar-refractivity contribution in [3.63, 3.8) is 0 Å². The van der Waals surface area contributed by atoms with E-state index in [4.69, 9.17) is 21.0 Å². The standard InChI is InChI=1S/C50H62N3OSi/c1-31(2)42-29-45-39-17-14-13-16-38(39)40-26-24-37-27-33(4)47-41-25-21-34(5)52-50(41)54-49(47)48(37)43(18-12-10-11-15-36-22-19-32(3)20-23-36)51-35(6)28-44(40)53(45)30-46(42)55(7,8)9/h12-14,16-18,21,25,27,29-32,36,40,44H,6,10-11,15,19-20,22-24,26,28H2,1-5,7-9H3/q+1/b18-12-,51-43?. The Morgan fingerprint density at radius 2 is 1.78 bits per heavy atom. The van der Waals surface area contributed by atoms with Crippen LogP contribution in [0.15, 0.2) is 88.6 Å². The summed E-state index contributed by atoms with van der Waals surface area (Å²) in [5.41, 5.74) is 13.8. The Balaban J connectivity index is 1.25. The molecule has 0 N–H and O–H groups in total. The van der Waals surface area contributed by atoms with Crippen molar-refractivity contribution in [2.24, 2.45) is 16.8 Å². The Bertz CT molecular complexity index is 2330. The van der Waals surface area contributed by atoms with E-state index in [2.05, 4.69) is 119 Å². The van der Waals surface area contributed by atoms with Crippen LogP contribution in [0, 0.1) is 25.7 Å². The number of furan rings is 1. The van der Waals surface area contributed by atoms with E-state index in [-0.39, 0.29) is 6.04 Å². The minimum absolute atomic E-state index is 0.227. The molecule has 3 aromatic heterocycles. The van der Waals surface area contributed by atoms with Gasteiger partial charge in [0.15, 0.2) is 12.2 Å². The molecule has 1 fully saturated rings. The lowest BCUT2D eigenvalue weighted by Gasteiger charge is -2.33. The van der Waals surface area contributed by atoms with Gasteiger partial charge < -0.3 is 4.42 Å². The van der Waals surface area contributed by atoms with Gasteiger partial charge in [-0.1, -0.05) is 109 Å². The number of nitrogens with zero attached hydrogens (tertiary/aromatic N) is 3. The Labute approximate surface area is 330 Å². The molecule has 2 unspecified atom stereocenters. The number of benzene rings is 2. The molecule has 4 nitrogen and oxygen atoms in total.